The second kappa shape index (κ2) is 6.87. The van der Waals surface area contributed by atoms with Crippen LogP contribution in [0, 0.1) is 0 Å². The Hall–Kier alpha value is -1.75. The molecular formula is C19H17Cl2NO3. The number of benzene rings is 2. The van der Waals surface area contributed by atoms with Gasteiger partial charge in [-0.3, -0.25) is 4.79 Å². The maximum absolute atomic E-state index is 12.9. The molecule has 0 aliphatic carbocycles. The van der Waals surface area contributed by atoms with Crippen molar-refractivity contribution >= 4 is 29.1 Å². The lowest BCUT2D eigenvalue weighted by molar-refractivity contribution is -0.0228. The summed E-state index contributed by atoms with van der Waals surface area (Å²) >= 11 is 12.1. The van der Waals surface area contributed by atoms with Crippen LogP contribution in [-0.4, -0.2) is 37.1 Å². The molecule has 0 unspecified atom stereocenters. The third-order valence-electron chi connectivity index (χ3n) is 4.61. The van der Waals surface area contributed by atoms with E-state index in [0.29, 0.717) is 41.9 Å². The first-order valence-electron chi connectivity index (χ1n) is 8.23. The molecule has 1 atom stereocenters. The predicted molar refractivity (Wildman–Crippen MR) is 96.7 cm³/mol. The highest BCUT2D eigenvalue weighted by Gasteiger charge is 2.27. The number of fused-ring (bicyclic) bond motifs is 1. The zero-order valence-electron chi connectivity index (χ0n) is 13.5. The molecule has 1 amide bonds. The molecule has 0 bridgehead atoms. The maximum Gasteiger partial charge on any atom is 0.254 e. The Labute approximate surface area is 156 Å². The number of hydrogen-bond acceptors (Lipinski definition) is 3. The molecular weight excluding hydrogens is 361 g/mol. The van der Waals surface area contributed by atoms with Crippen LogP contribution >= 0.6 is 23.2 Å². The molecule has 4 nitrogen and oxygen atoms in total. The largest absolute Gasteiger partial charge is 0.493 e. The third kappa shape index (κ3) is 3.34. The molecule has 0 N–H and O–H groups in total. The summed E-state index contributed by atoms with van der Waals surface area (Å²) in [5, 5.41) is 0.999. The molecule has 0 aromatic heterocycles. The van der Waals surface area contributed by atoms with E-state index in [9.17, 15) is 4.79 Å². The van der Waals surface area contributed by atoms with Crippen molar-refractivity contribution in [1.29, 1.82) is 0 Å². The topological polar surface area (TPSA) is 38.8 Å². The van der Waals surface area contributed by atoms with Gasteiger partial charge < -0.3 is 14.4 Å². The Balaban J connectivity index is 1.52. The fourth-order valence-corrected chi connectivity index (χ4v) is 3.56. The van der Waals surface area contributed by atoms with Crippen LogP contribution in [0.4, 0.5) is 0 Å². The van der Waals surface area contributed by atoms with E-state index >= 15 is 0 Å². The number of nitrogens with zero attached hydrogens (tertiary/aromatic N) is 1. The van der Waals surface area contributed by atoms with E-state index in [-0.39, 0.29) is 12.0 Å². The third-order valence-corrected chi connectivity index (χ3v) is 5.34. The molecule has 4 rings (SSSR count). The summed E-state index contributed by atoms with van der Waals surface area (Å²) < 4.78 is 11.3. The van der Waals surface area contributed by atoms with Gasteiger partial charge in [0.15, 0.2) is 0 Å². The first kappa shape index (κ1) is 16.7. The van der Waals surface area contributed by atoms with Crippen LogP contribution in [0.2, 0.25) is 10.0 Å². The van der Waals surface area contributed by atoms with Gasteiger partial charge in [0.05, 0.1) is 29.8 Å². The van der Waals surface area contributed by atoms with Crippen molar-refractivity contribution in [3.05, 3.63) is 63.1 Å². The second-order valence-electron chi connectivity index (χ2n) is 6.21. The van der Waals surface area contributed by atoms with Crippen LogP contribution in [0.15, 0.2) is 36.4 Å². The average Bonchev–Trinajstić information content (AvgIpc) is 3.11. The molecule has 0 spiro atoms. The molecule has 0 radical (unpaired) electrons. The smallest absolute Gasteiger partial charge is 0.254 e. The molecule has 1 fully saturated rings. The fourth-order valence-electron chi connectivity index (χ4n) is 3.25. The average molecular weight is 378 g/mol. The Kier molecular flexibility index (Phi) is 4.59. The van der Waals surface area contributed by atoms with Crippen LogP contribution in [0.1, 0.15) is 27.6 Å². The molecule has 2 aliphatic heterocycles. The van der Waals surface area contributed by atoms with E-state index in [4.69, 9.17) is 32.7 Å². The van der Waals surface area contributed by atoms with Crippen molar-refractivity contribution in [2.45, 2.75) is 12.5 Å². The van der Waals surface area contributed by atoms with Gasteiger partial charge in [0, 0.05) is 18.5 Å². The van der Waals surface area contributed by atoms with Gasteiger partial charge in [-0.25, -0.2) is 0 Å². The quantitative estimate of drug-likeness (QED) is 0.789. The highest BCUT2D eigenvalue weighted by Crippen LogP contribution is 2.30. The van der Waals surface area contributed by atoms with Crippen molar-refractivity contribution in [2.75, 3.05) is 26.3 Å². The summed E-state index contributed by atoms with van der Waals surface area (Å²) in [6, 6.07) is 11.1. The molecule has 2 aromatic rings. The number of carbonyl (C=O) groups is 1. The minimum absolute atomic E-state index is 0.0167. The summed E-state index contributed by atoms with van der Waals surface area (Å²) in [6.45, 7) is 2.24. The first-order valence-corrected chi connectivity index (χ1v) is 8.99. The minimum atomic E-state index is -0.203. The summed E-state index contributed by atoms with van der Waals surface area (Å²) in [5.41, 5.74) is 2.72. The predicted octanol–water partition coefficient (Wildman–Crippen LogP) is 4.14. The van der Waals surface area contributed by atoms with Crippen molar-refractivity contribution < 1.29 is 14.3 Å². The molecule has 2 aromatic carbocycles. The highest BCUT2D eigenvalue weighted by molar-refractivity contribution is 6.42. The lowest BCUT2D eigenvalue weighted by atomic mass is 10.1. The molecule has 2 aliphatic rings. The highest BCUT2D eigenvalue weighted by atomic mass is 35.5. The maximum atomic E-state index is 12.9. The lowest BCUT2D eigenvalue weighted by Crippen LogP contribution is -2.42. The van der Waals surface area contributed by atoms with Crippen molar-refractivity contribution in [3.63, 3.8) is 0 Å². The number of amides is 1. The van der Waals surface area contributed by atoms with Crippen LogP contribution in [0.5, 0.6) is 5.75 Å². The van der Waals surface area contributed by atoms with E-state index in [1.165, 1.54) is 0 Å². The van der Waals surface area contributed by atoms with Crippen LogP contribution < -0.4 is 4.74 Å². The van der Waals surface area contributed by atoms with Gasteiger partial charge in [-0.15, -0.1) is 0 Å². The number of carbonyl (C=O) groups excluding carboxylic acids is 1. The number of ether oxygens (including phenoxy) is 2. The number of halogens is 2. The first-order chi connectivity index (χ1) is 12.1. The normalized spacial score (nSPS) is 19.4. The SMILES string of the molecule is O=C(c1ccc2c(c1)CCO2)N1CCO[C@@H](c2ccc(Cl)c(Cl)c2)C1. The number of rotatable bonds is 2. The zero-order chi connectivity index (χ0) is 17.4. The summed E-state index contributed by atoms with van der Waals surface area (Å²) in [7, 11) is 0. The van der Waals surface area contributed by atoms with Gasteiger partial charge in [0.1, 0.15) is 11.9 Å². The molecule has 25 heavy (non-hydrogen) atoms. The minimum Gasteiger partial charge on any atom is -0.493 e. The standard InChI is InChI=1S/C19H17Cl2NO3/c20-15-3-1-12(10-16(15)21)18-11-22(6-8-25-18)19(23)14-2-4-17-13(9-14)5-7-24-17/h1-4,9-10,18H,5-8,11H2/t18-/m1/s1. The molecule has 2 heterocycles. The van der Waals surface area contributed by atoms with Gasteiger partial charge in [-0.1, -0.05) is 29.3 Å². The van der Waals surface area contributed by atoms with Gasteiger partial charge in [-0.05, 0) is 41.5 Å². The van der Waals surface area contributed by atoms with Crippen molar-refractivity contribution in [1.82, 2.24) is 4.90 Å². The van der Waals surface area contributed by atoms with Gasteiger partial charge >= 0.3 is 0 Å². The van der Waals surface area contributed by atoms with Crippen molar-refractivity contribution in [3.8, 4) is 5.75 Å². The van der Waals surface area contributed by atoms with E-state index < -0.39 is 0 Å². The zero-order valence-corrected chi connectivity index (χ0v) is 15.0. The van der Waals surface area contributed by atoms with E-state index in [2.05, 4.69) is 0 Å². The molecule has 130 valence electrons. The van der Waals surface area contributed by atoms with Gasteiger partial charge in [0.25, 0.3) is 5.91 Å². The van der Waals surface area contributed by atoms with E-state index in [1.54, 1.807) is 12.1 Å². The van der Waals surface area contributed by atoms with Crippen LogP contribution in [-0.2, 0) is 11.2 Å². The van der Waals surface area contributed by atoms with Gasteiger partial charge in [-0.2, -0.15) is 0 Å². The monoisotopic (exact) mass is 377 g/mol. The van der Waals surface area contributed by atoms with Crippen molar-refractivity contribution in [2.24, 2.45) is 0 Å². The van der Waals surface area contributed by atoms with E-state index in [1.807, 2.05) is 29.2 Å². The molecule has 6 heteroatoms. The Morgan fingerprint density at radius 1 is 1.08 bits per heavy atom. The Morgan fingerprint density at radius 3 is 2.80 bits per heavy atom. The fraction of sp³-hybridized carbons (Fsp3) is 0.316. The summed E-state index contributed by atoms with van der Waals surface area (Å²) in [4.78, 5) is 14.7. The van der Waals surface area contributed by atoms with Gasteiger partial charge in [0.2, 0.25) is 0 Å². The molecule has 0 saturated carbocycles. The number of morpholine rings is 1. The second-order valence-corrected chi connectivity index (χ2v) is 7.02. The van der Waals surface area contributed by atoms with Crippen LogP contribution in [0.3, 0.4) is 0 Å². The summed E-state index contributed by atoms with van der Waals surface area (Å²) in [6.07, 6.45) is 0.649. The summed E-state index contributed by atoms with van der Waals surface area (Å²) in [5.74, 6) is 0.898. The lowest BCUT2D eigenvalue weighted by Gasteiger charge is -2.33. The van der Waals surface area contributed by atoms with E-state index in [0.717, 1.165) is 23.3 Å². The van der Waals surface area contributed by atoms with Crippen LogP contribution in [0.25, 0.3) is 0 Å². The Bertz CT molecular complexity index is 824. The number of hydrogen-bond donors (Lipinski definition) is 0. The molecule has 1 saturated heterocycles. The Morgan fingerprint density at radius 2 is 1.96 bits per heavy atom.